The van der Waals surface area contributed by atoms with Gasteiger partial charge in [-0.15, -0.1) is 0 Å². The fraction of sp³-hybridized carbons (Fsp3) is 0.455. The van der Waals surface area contributed by atoms with Gasteiger partial charge in [0.2, 0.25) is 0 Å². The van der Waals surface area contributed by atoms with E-state index in [1.807, 2.05) is 20.0 Å². The molecule has 2 heterocycles. The van der Waals surface area contributed by atoms with Gasteiger partial charge in [0.15, 0.2) is 5.96 Å². The molecule has 2 N–H and O–H groups in total. The molecule has 0 saturated carbocycles. The summed E-state index contributed by atoms with van der Waals surface area (Å²) in [4.78, 5) is 11.4. The number of pyridine rings is 1. The lowest BCUT2D eigenvalue weighted by molar-refractivity contribution is 0.459. The third-order valence-electron chi connectivity index (χ3n) is 5.06. The van der Waals surface area contributed by atoms with Gasteiger partial charge in [0.1, 0.15) is 17.5 Å². The molecule has 5 nitrogen and oxygen atoms in total. The van der Waals surface area contributed by atoms with Crippen LogP contribution in [0.3, 0.4) is 0 Å². The molecule has 0 radical (unpaired) electrons. The summed E-state index contributed by atoms with van der Waals surface area (Å²) in [5.41, 5.74) is 1.51. The number of benzene rings is 1. The smallest absolute Gasteiger partial charge is 0.191 e. The van der Waals surface area contributed by atoms with E-state index in [1.54, 1.807) is 0 Å². The van der Waals surface area contributed by atoms with Crippen molar-refractivity contribution in [1.29, 1.82) is 0 Å². The Hall–Kier alpha value is -2.70. The number of halogens is 2. The van der Waals surface area contributed by atoms with Crippen LogP contribution in [-0.2, 0) is 6.42 Å². The molecule has 29 heavy (non-hydrogen) atoms. The van der Waals surface area contributed by atoms with E-state index in [0.29, 0.717) is 24.6 Å². The van der Waals surface area contributed by atoms with E-state index in [-0.39, 0.29) is 0 Å². The lowest BCUT2D eigenvalue weighted by Crippen LogP contribution is -2.49. The van der Waals surface area contributed by atoms with Crippen molar-refractivity contribution in [3.8, 4) is 0 Å². The lowest BCUT2D eigenvalue weighted by Gasteiger charge is -2.33. The van der Waals surface area contributed by atoms with Crippen LogP contribution in [-0.4, -0.2) is 43.2 Å². The maximum Gasteiger partial charge on any atom is 0.191 e. The number of nitrogens with zero attached hydrogens (tertiary/aromatic N) is 3. The second-order valence-corrected chi connectivity index (χ2v) is 7.35. The van der Waals surface area contributed by atoms with Crippen LogP contribution in [0.5, 0.6) is 0 Å². The van der Waals surface area contributed by atoms with Crippen molar-refractivity contribution in [3.63, 3.8) is 0 Å². The summed E-state index contributed by atoms with van der Waals surface area (Å²) < 4.78 is 27.1. The Kier molecular flexibility index (Phi) is 7.38. The summed E-state index contributed by atoms with van der Waals surface area (Å²) >= 11 is 0. The van der Waals surface area contributed by atoms with Gasteiger partial charge >= 0.3 is 0 Å². The molecule has 7 heteroatoms. The topological polar surface area (TPSA) is 52.6 Å². The summed E-state index contributed by atoms with van der Waals surface area (Å²) in [6, 6.07) is 8.01. The molecule has 0 atom stereocenters. The van der Waals surface area contributed by atoms with E-state index in [2.05, 4.69) is 37.6 Å². The van der Waals surface area contributed by atoms with E-state index < -0.39 is 11.6 Å². The highest BCUT2D eigenvalue weighted by Gasteiger charge is 2.20. The van der Waals surface area contributed by atoms with Crippen LogP contribution in [0, 0.1) is 18.6 Å². The van der Waals surface area contributed by atoms with E-state index in [0.717, 1.165) is 61.9 Å². The Bertz CT molecular complexity index is 814. The predicted molar refractivity (Wildman–Crippen MR) is 113 cm³/mol. The minimum absolute atomic E-state index is 0.320. The molecular formula is C22H29F2N5. The van der Waals surface area contributed by atoms with Gasteiger partial charge in [0, 0.05) is 38.4 Å². The lowest BCUT2D eigenvalue weighted by atomic mass is 10.1. The Morgan fingerprint density at radius 1 is 1.21 bits per heavy atom. The first-order valence-electron chi connectivity index (χ1n) is 10.2. The zero-order chi connectivity index (χ0) is 20.6. The summed E-state index contributed by atoms with van der Waals surface area (Å²) in [5.74, 6) is 0.921. The molecule has 1 aromatic carbocycles. The average molecular weight is 402 g/mol. The van der Waals surface area contributed by atoms with Crippen LogP contribution < -0.4 is 15.5 Å². The van der Waals surface area contributed by atoms with Gasteiger partial charge in [0.25, 0.3) is 0 Å². The number of hydrogen-bond acceptors (Lipinski definition) is 3. The van der Waals surface area contributed by atoms with Gasteiger partial charge in [-0.3, -0.25) is 4.99 Å². The van der Waals surface area contributed by atoms with Crippen molar-refractivity contribution in [3.05, 3.63) is 59.3 Å². The quantitative estimate of drug-likeness (QED) is 0.575. The molecule has 0 unspecified atom stereocenters. The number of piperidine rings is 1. The van der Waals surface area contributed by atoms with Gasteiger partial charge in [-0.1, -0.05) is 6.07 Å². The summed E-state index contributed by atoms with van der Waals surface area (Å²) in [6.07, 6.45) is 4.23. The van der Waals surface area contributed by atoms with Crippen LogP contribution in [0.1, 0.15) is 30.9 Å². The third-order valence-corrected chi connectivity index (χ3v) is 5.06. The van der Waals surface area contributed by atoms with Crippen molar-refractivity contribution in [2.45, 2.75) is 39.2 Å². The zero-order valence-electron chi connectivity index (χ0n) is 17.1. The molecule has 1 fully saturated rings. The molecule has 1 aliphatic heterocycles. The average Bonchev–Trinajstić information content (AvgIpc) is 2.72. The van der Waals surface area contributed by atoms with E-state index in [9.17, 15) is 8.78 Å². The predicted octanol–water partition coefficient (Wildman–Crippen LogP) is 3.43. The number of aromatic nitrogens is 1. The molecule has 1 aliphatic rings. The number of nitrogens with one attached hydrogen (secondary N) is 2. The van der Waals surface area contributed by atoms with Crippen LogP contribution in [0.15, 0.2) is 41.5 Å². The molecule has 3 rings (SSSR count). The Labute approximate surface area is 171 Å². The second-order valence-electron chi connectivity index (χ2n) is 7.35. The SMILES string of the molecule is CCNC(=NCCc1cc(F)ccc1F)NC1CCN(c2ccc(C)cn2)CC1. The molecule has 0 bridgehead atoms. The number of anilines is 1. The van der Waals surface area contributed by atoms with Gasteiger partial charge in [-0.2, -0.15) is 0 Å². The number of hydrogen-bond donors (Lipinski definition) is 2. The van der Waals surface area contributed by atoms with Gasteiger partial charge in [-0.05, 0) is 68.5 Å². The van der Waals surface area contributed by atoms with E-state index >= 15 is 0 Å². The molecule has 0 spiro atoms. The normalized spacial score (nSPS) is 15.4. The number of aliphatic imine (C=N–C) groups is 1. The summed E-state index contributed by atoms with van der Waals surface area (Å²) in [5, 5.41) is 6.71. The molecule has 1 aromatic heterocycles. The van der Waals surface area contributed by atoms with Crippen LogP contribution in [0.4, 0.5) is 14.6 Å². The van der Waals surface area contributed by atoms with Crippen molar-refractivity contribution in [1.82, 2.24) is 15.6 Å². The van der Waals surface area contributed by atoms with Crippen LogP contribution in [0.25, 0.3) is 0 Å². The highest BCUT2D eigenvalue weighted by Crippen LogP contribution is 2.18. The maximum absolute atomic E-state index is 13.8. The zero-order valence-corrected chi connectivity index (χ0v) is 17.1. The van der Waals surface area contributed by atoms with E-state index in [4.69, 9.17) is 0 Å². The number of aryl methyl sites for hydroxylation is 1. The fourth-order valence-corrected chi connectivity index (χ4v) is 3.44. The van der Waals surface area contributed by atoms with E-state index in [1.165, 1.54) is 6.07 Å². The van der Waals surface area contributed by atoms with Crippen molar-refractivity contribution in [2.75, 3.05) is 31.1 Å². The molecule has 0 aliphatic carbocycles. The first-order chi connectivity index (χ1) is 14.0. The van der Waals surface area contributed by atoms with Gasteiger partial charge in [-0.25, -0.2) is 13.8 Å². The van der Waals surface area contributed by atoms with Crippen molar-refractivity contribution >= 4 is 11.8 Å². The third kappa shape index (κ3) is 6.14. The maximum atomic E-state index is 13.8. The first kappa shape index (κ1) is 21.0. The van der Waals surface area contributed by atoms with Crippen molar-refractivity contribution < 1.29 is 8.78 Å². The molecule has 0 amide bonds. The largest absolute Gasteiger partial charge is 0.357 e. The molecule has 1 saturated heterocycles. The Morgan fingerprint density at radius 3 is 2.69 bits per heavy atom. The number of guanidine groups is 1. The summed E-state index contributed by atoms with van der Waals surface area (Å²) in [6.45, 7) is 7.05. The minimum atomic E-state index is -0.426. The molecule has 156 valence electrons. The first-order valence-corrected chi connectivity index (χ1v) is 10.2. The van der Waals surface area contributed by atoms with Gasteiger partial charge < -0.3 is 15.5 Å². The number of rotatable bonds is 6. The minimum Gasteiger partial charge on any atom is -0.357 e. The van der Waals surface area contributed by atoms with Gasteiger partial charge in [0.05, 0.1) is 0 Å². The Morgan fingerprint density at radius 2 is 2.00 bits per heavy atom. The molecular weight excluding hydrogens is 372 g/mol. The van der Waals surface area contributed by atoms with Crippen LogP contribution in [0.2, 0.25) is 0 Å². The van der Waals surface area contributed by atoms with Crippen LogP contribution >= 0.6 is 0 Å². The summed E-state index contributed by atoms with van der Waals surface area (Å²) in [7, 11) is 0. The standard InChI is InChI=1S/C22H29F2N5/c1-3-25-22(26-11-8-17-14-18(23)5-6-20(17)24)28-19-9-12-29(13-10-19)21-7-4-16(2)15-27-21/h4-7,14-15,19H,3,8-13H2,1-2H3,(H2,25,26,28). The van der Waals surface area contributed by atoms with Crippen molar-refractivity contribution in [2.24, 2.45) is 4.99 Å². The molecule has 2 aromatic rings. The second kappa shape index (κ2) is 10.2. The highest BCUT2D eigenvalue weighted by atomic mass is 19.1. The fourth-order valence-electron chi connectivity index (χ4n) is 3.44. The highest BCUT2D eigenvalue weighted by molar-refractivity contribution is 5.80. The Balaban J connectivity index is 1.51. The monoisotopic (exact) mass is 401 g/mol.